The van der Waals surface area contributed by atoms with Gasteiger partial charge < -0.3 is 5.32 Å². The lowest BCUT2D eigenvalue weighted by Gasteiger charge is -2.16. The van der Waals surface area contributed by atoms with Crippen LogP contribution < -0.4 is 5.32 Å². The molecule has 0 saturated heterocycles. The second kappa shape index (κ2) is 6.56. The third kappa shape index (κ3) is 3.84. The van der Waals surface area contributed by atoms with E-state index in [1.54, 1.807) is 24.4 Å². The topological polar surface area (TPSA) is 42.7 Å². The van der Waals surface area contributed by atoms with E-state index in [-0.39, 0.29) is 5.56 Å². The van der Waals surface area contributed by atoms with Crippen LogP contribution in [0.5, 0.6) is 0 Å². The molecule has 0 unspecified atom stereocenters. The van der Waals surface area contributed by atoms with E-state index in [0.717, 1.165) is 13.0 Å². The van der Waals surface area contributed by atoms with Gasteiger partial charge in [-0.15, -0.1) is 5.10 Å². The second-order valence-electron chi connectivity index (χ2n) is 4.65. The van der Waals surface area contributed by atoms with Crippen molar-refractivity contribution in [3.8, 4) is 0 Å². The van der Waals surface area contributed by atoms with Crippen LogP contribution in [0.3, 0.4) is 0 Å². The van der Waals surface area contributed by atoms with Crippen LogP contribution in [0.15, 0.2) is 36.5 Å². The predicted molar refractivity (Wildman–Crippen MR) is 72.4 cm³/mol. The van der Waals surface area contributed by atoms with Crippen LogP contribution in [-0.4, -0.2) is 21.5 Å². The van der Waals surface area contributed by atoms with Gasteiger partial charge in [-0.05, 0) is 13.0 Å². The van der Waals surface area contributed by atoms with Gasteiger partial charge in [0.25, 0.3) is 5.92 Å². The Balaban J connectivity index is 1.99. The van der Waals surface area contributed by atoms with Crippen LogP contribution in [0.1, 0.15) is 24.6 Å². The highest BCUT2D eigenvalue weighted by Crippen LogP contribution is 2.29. The van der Waals surface area contributed by atoms with Crippen molar-refractivity contribution in [3.05, 3.63) is 47.8 Å². The molecule has 4 nitrogen and oxygen atoms in total. The monoisotopic (exact) mass is 280 g/mol. The molecule has 0 fully saturated rings. The molecular weight excluding hydrogens is 262 g/mol. The van der Waals surface area contributed by atoms with E-state index < -0.39 is 12.5 Å². The number of halogens is 2. The van der Waals surface area contributed by atoms with Crippen LogP contribution in [0, 0.1) is 0 Å². The molecule has 0 radical (unpaired) electrons. The molecule has 0 amide bonds. The van der Waals surface area contributed by atoms with Crippen molar-refractivity contribution in [2.24, 2.45) is 0 Å². The summed E-state index contributed by atoms with van der Waals surface area (Å²) in [6.45, 7) is 2.97. The standard InChI is InChI=1S/C14H18F2N4/c1-2-8-17-9-13-10-20(19-18-13)11-14(15,16)12-6-4-3-5-7-12/h3-7,10,17H,2,8-9,11H2,1H3. The van der Waals surface area contributed by atoms with E-state index in [4.69, 9.17) is 0 Å². The maximum Gasteiger partial charge on any atom is 0.292 e. The molecule has 0 aliphatic carbocycles. The van der Waals surface area contributed by atoms with Gasteiger partial charge in [0.1, 0.15) is 6.54 Å². The Morgan fingerprint density at radius 3 is 2.70 bits per heavy atom. The molecule has 0 spiro atoms. The first-order valence-corrected chi connectivity index (χ1v) is 6.65. The summed E-state index contributed by atoms with van der Waals surface area (Å²) in [7, 11) is 0. The Morgan fingerprint density at radius 2 is 2.00 bits per heavy atom. The van der Waals surface area contributed by atoms with E-state index >= 15 is 0 Å². The maximum absolute atomic E-state index is 14.1. The number of nitrogens with one attached hydrogen (secondary N) is 1. The van der Waals surface area contributed by atoms with Crippen LogP contribution >= 0.6 is 0 Å². The van der Waals surface area contributed by atoms with Gasteiger partial charge in [-0.1, -0.05) is 42.5 Å². The second-order valence-corrected chi connectivity index (χ2v) is 4.65. The number of benzene rings is 1. The van der Waals surface area contributed by atoms with Gasteiger partial charge in [-0.2, -0.15) is 8.78 Å². The zero-order chi connectivity index (χ0) is 14.4. The minimum Gasteiger partial charge on any atom is -0.311 e. The Labute approximate surface area is 116 Å². The lowest BCUT2D eigenvalue weighted by molar-refractivity contribution is -0.0258. The highest BCUT2D eigenvalue weighted by molar-refractivity contribution is 5.19. The van der Waals surface area contributed by atoms with Gasteiger partial charge in [0.15, 0.2) is 0 Å². The summed E-state index contributed by atoms with van der Waals surface area (Å²) in [6, 6.07) is 7.75. The zero-order valence-corrected chi connectivity index (χ0v) is 11.4. The van der Waals surface area contributed by atoms with E-state index in [1.165, 1.54) is 16.8 Å². The third-order valence-electron chi connectivity index (χ3n) is 2.88. The van der Waals surface area contributed by atoms with Crippen LogP contribution in [-0.2, 0) is 19.0 Å². The summed E-state index contributed by atoms with van der Waals surface area (Å²) in [4.78, 5) is 0. The van der Waals surface area contributed by atoms with Crippen molar-refractivity contribution in [3.63, 3.8) is 0 Å². The van der Waals surface area contributed by atoms with Crippen molar-refractivity contribution in [2.45, 2.75) is 32.4 Å². The average molecular weight is 280 g/mol. The normalized spacial score (nSPS) is 11.8. The molecule has 0 aliphatic heterocycles. The van der Waals surface area contributed by atoms with Gasteiger partial charge in [0.05, 0.1) is 11.9 Å². The van der Waals surface area contributed by atoms with Gasteiger partial charge >= 0.3 is 0 Å². The first-order valence-electron chi connectivity index (χ1n) is 6.65. The van der Waals surface area contributed by atoms with Crippen LogP contribution in [0.2, 0.25) is 0 Å². The predicted octanol–water partition coefficient (Wildman–Crippen LogP) is 2.57. The highest BCUT2D eigenvalue weighted by Gasteiger charge is 2.32. The summed E-state index contributed by atoms with van der Waals surface area (Å²) in [5.41, 5.74) is 0.656. The molecule has 1 heterocycles. The minimum atomic E-state index is -2.96. The highest BCUT2D eigenvalue weighted by atomic mass is 19.3. The average Bonchev–Trinajstić information content (AvgIpc) is 2.87. The smallest absolute Gasteiger partial charge is 0.292 e. The summed E-state index contributed by atoms with van der Waals surface area (Å²) in [5, 5.41) is 10.8. The first-order chi connectivity index (χ1) is 9.62. The number of hydrogen-bond donors (Lipinski definition) is 1. The number of aromatic nitrogens is 3. The lowest BCUT2D eigenvalue weighted by Crippen LogP contribution is -2.21. The van der Waals surface area contributed by atoms with Gasteiger partial charge in [-0.3, -0.25) is 0 Å². The minimum absolute atomic E-state index is 0.0128. The molecule has 0 atom stereocenters. The summed E-state index contributed by atoms with van der Waals surface area (Å²) in [6.07, 6.45) is 2.57. The fourth-order valence-corrected chi connectivity index (χ4v) is 1.87. The number of nitrogens with zero attached hydrogens (tertiary/aromatic N) is 3. The Kier molecular flexibility index (Phi) is 4.79. The Bertz CT molecular complexity index is 525. The van der Waals surface area contributed by atoms with Crippen molar-refractivity contribution in [1.82, 2.24) is 20.3 Å². The van der Waals surface area contributed by atoms with Gasteiger partial charge in [-0.25, -0.2) is 4.68 Å². The molecule has 108 valence electrons. The van der Waals surface area contributed by atoms with Crippen molar-refractivity contribution in [1.29, 1.82) is 0 Å². The van der Waals surface area contributed by atoms with E-state index in [0.29, 0.717) is 12.2 Å². The summed E-state index contributed by atoms with van der Waals surface area (Å²) < 4.78 is 29.3. The Hall–Kier alpha value is -1.82. The molecule has 1 aromatic carbocycles. The molecule has 20 heavy (non-hydrogen) atoms. The fraction of sp³-hybridized carbons (Fsp3) is 0.429. The molecule has 6 heteroatoms. The SMILES string of the molecule is CCCNCc1cn(CC(F)(F)c2ccccc2)nn1. The number of hydrogen-bond acceptors (Lipinski definition) is 3. The van der Waals surface area contributed by atoms with E-state index in [2.05, 4.69) is 22.6 Å². The fourth-order valence-electron chi connectivity index (χ4n) is 1.87. The van der Waals surface area contributed by atoms with Crippen molar-refractivity contribution >= 4 is 0 Å². The first kappa shape index (κ1) is 14.6. The van der Waals surface area contributed by atoms with E-state index in [9.17, 15) is 8.78 Å². The molecule has 1 N–H and O–H groups in total. The molecule has 0 saturated carbocycles. The third-order valence-corrected chi connectivity index (χ3v) is 2.88. The van der Waals surface area contributed by atoms with Gasteiger partial charge in [0, 0.05) is 12.1 Å². The van der Waals surface area contributed by atoms with Crippen molar-refractivity contribution in [2.75, 3.05) is 6.54 Å². The molecule has 2 rings (SSSR count). The summed E-state index contributed by atoms with van der Waals surface area (Å²) >= 11 is 0. The Morgan fingerprint density at radius 1 is 1.25 bits per heavy atom. The number of alkyl halides is 2. The quantitative estimate of drug-likeness (QED) is 0.793. The maximum atomic E-state index is 14.1. The molecule has 0 aliphatic rings. The summed E-state index contributed by atoms with van der Waals surface area (Å²) in [5.74, 6) is -2.96. The lowest BCUT2D eigenvalue weighted by atomic mass is 10.1. The van der Waals surface area contributed by atoms with Crippen molar-refractivity contribution < 1.29 is 8.78 Å². The zero-order valence-electron chi connectivity index (χ0n) is 11.4. The van der Waals surface area contributed by atoms with E-state index in [1.807, 2.05) is 0 Å². The van der Waals surface area contributed by atoms with Gasteiger partial charge in [0.2, 0.25) is 0 Å². The molecular formula is C14H18F2N4. The van der Waals surface area contributed by atoms with Crippen LogP contribution in [0.25, 0.3) is 0 Å². The number of rotatable bonds is 7. The molecule has 2 aromatic rings. The molecule has 0 bridgehead atoms. The van der Waals surface area contributed by atoms with Crippen LogP contribution in [0.4, 0.5) is 8.78 Å². The largest absolute Gasteiger partial charge is 0.311 e. The molecule has 1 aromatic heterocycles.